The van der Waals surface area contributed by atoms with Crippen molar-refractivity contribution in [1.82, 2.24) is 15.5 Å². The predicted octanol–water partition coefficient (Wildman–Crippen LogP) is 2.41. The van der Waals surface area contributed by atoms with Gasteiger partial charge in [-0.2, -0.15) is 0 Å². The first kappa shape index (κ1) is 31.7. The molecule has 0 heterocycles. The number of para-hydroxylation sites is 1. The van der Waals surface area contributed by atoms with Gasteiger partial charge in [-0.15, -0.1) is 0 Å². The van der Waals surface area contributed by atoms with Crippen LogP contribution in [0.25, 0.3) is 0 Å². The molecule has 1 aromatic carbocycles. The number of unbranched alkanes of at least 4 members (excludes halogenated alkanes) is 2. The predicted molar refractivity (Wildman–Crippen MR) is 137 cm³/mol. The summed E-state index contributed by atoms with van der Waals surface area (Å²) in [4.78, 5) is 52.3. The molecule has 1 aromatic rings. The Morgan fingerprint density at radius 1 is 1.08 bits per heavy atom. The molecule has 0 aliphatic heterocycles. The molecule has 2 unspecified atom stereocenters. The molecule has 11 heteroatoms. The molecule has 0 saturated carbocycles. The zero-order valence-corrected chi connectivity index (χ0v) is 22.4. The third-order valence-corrected chi connectivity index (χ3v) is 5.18. The Kier molecular flexibility index (Phi) is 13.4. The number of esters is 1. The summed E-state index contributed by atoms with van der Waals surface area (Å²) in [6.07, 6.45) is 1.16. The molecule has 0 fully saturated rings. The van der Waals surface area contributed by atoms with E-state index in [0.29, 0.717) is 6.42 Å². The summed E-state index contributed by atoms with van der Waals surface area (Å²) < 4.78 is 10.1. The van der Waals surface area contributed by atoms with Crippen LogP contribution >= 0.6 is 0 Å². The van der Waals surface area contributed by atoms with E-state index in [1.165, 1.54) is 17.0 Å². The molecule has 4 N–H and O–H groups in total. The standard InChI is InChI=1S/C26H41N3O8/c1-6-8-11-16-29(24(34)19(17-30)28-25(35)37-26(3,4)5)22(18-12-9-10-13-20(18)31)23(33)27-15-14-21(32)36-7-2/h9-10,12-13,19,22,30-31H,6-8,11,14-17H2,1-5H3,(H,27,33)(H,28,35). The second-order valence-electron chi connectivity index (χ2n) is 9.43. The van der Waals surface area contributed by atoms with Crippen molar-refractivity contribution >= 4 is 23.9 Å². The number of benzene rings is 1. The number of nitrogens with one attached hydrogen (secondary N) is 2. The summed E-state index contributed by atoms with van der Waals surface area (Å²) in [6, 6.07) is 3.43. The summed E-state index contributed by atoms with van der Waals surface area (Å²) in [6.45, 7) is 8.18. The number of phenols is 1. The number of hydrogen-bond donors (Lipinski definition) is 4. The van der Waals surface area contributed by atoms with Crippen molar-refractivity contribution < 1.29 is 38.9 Å². The molecule has 37 heavy (non-hydrogen) atoms. The van der Waals surface area contributed by atoms with Crippen molar-refractivity contribution in [2.75, 3.05) is 26.3 Å². The molecule has 2 atom stereocenters. The minimum Gasteiger partial charge on any atom is -0.508 e. The highest BCUT2D eigenvalue weighted by molar-refractivity contribution is 5.92. The highest BCUT2D eigenvalue weighted by Gasteiger charge is 2.37. The fraction of sp³-hybridized carbons (Fsp3) is 0.615. The van der Waals surface area contributed by atoms with Crippen LogP contribution in [-0.2, 0) is 23.9 Å². The minimum atomic E-state index is -1.39. The molecular weight excluding hydrogens is 482 g/mol. The van der Waals surface area contributed by atoms with Gasteiger partial charge >= 0.3 is 12.1 Å². The van der Waals surface area contributed by atoms with Crippen molar-refractivity contribution in [3.05, 3.63) is 29.8 Å². The molecule has 0 aliphatic carbocycles. The van der Waals surface area contributed by atoms with Crippen molar-refractivity contribution in [1.29, 1.82) is 0 Å². The molecule has 208 valence electrons. The van der Waals surface area contributed by atoms with E-state index in [1.807, 2.05) is 6.92 Å². The monoisotopic (exact) mass is 523 g/mol. The van der Waals surface area contributed by atoms with E-state index >= 15 is 0 Å². The summed E-state index contributed by atoms with van der Waals surface area (Å²) in [5.41, 5.74) is -0.666. The molecular formula is C26H41N3O8. The second kappa shape index (κ2) is 15.7. The van der Waals surface area contributed by atoms with E-state index < -0.39 is 48.2 Å². The zero-order chi connectivity index (χ0) is 28.0. The van der Waals surface area contributed by atoms with E-state index in [1.54, 1.807) is 39.8 Å². The van der Waals surface area contributed by atoms with Crippen molar-refractivity contribution in [2.24, 2.45) is 0 Å². The van der Waals surface area contributed by atoms with Gasteiger partial charge < -0.3 is 35.2 Å². The van der Waals surface area contributed by atoms with Crippen LogP contribution in [0.15, 0.2) is 24.3 Å². The van der Waals surface area contributed by atoms with Gasteiger partial charge in [-0.25, -0.2) is 4.79 Å². The molecule has 0 aliphatic rings. The fourth-order valence-electron chi connectivity index (χ4n) is 3.52. The lowest BCUT2D eigenvalue weighted by Crippen LogP contribution is -2.54. The Hall–Kier alpha value is -3.34. The number of carbonyl (C=O) groups excluding carboxylic acids is 4. The van der Waals surface area contributed by atoms with Gasteiger partial charge in [0.15, 0.2) is 0 Å². The summed E-state index contributed by atoms with van der Waals surface area (Å²) in [5.74, 6) is -2.05. The van der Waals surface area contributed by atoms with Crippen LogP contribution < -0.4 is 10.6 Å². The average molecular weight is 524 g/mol. The first-order chi connectivity index (χ1) is 17.4. The van der Waals surface area contributed by atoms with Gasteiger partial charge in [-0.05, 0) is 40.2 Å². The number of aliphatic hydroxyl groups is 1. The van der Waals surface area contributed by atoms with Crippen LogP contribution in [0.3, 0.4) is 0 Å². The van der Waals surface area contributed by atoms with Gasteiger partial charge in [0.05, 0.1) is 19.6 Å². The number of nitrogens with zero attached hydrogens (tertiary/aromatic N) is 1. The molecule has 0 saturated heterocycles. The zero-order valence-electron chi connectivity index (χ0n) is 22.4. The SMILES string of the molecule is CCCCCN(C(=O)C(CO)NC(=O)OC(C)(C)C)C(C(=O)NCCC(=O)OCC)c1ccccc1O. The number of aliphatic hydroxyl groups excluding tert-OH is 1. The Morgan fingerprint density at radius 2 is 1.76 bits per heavy atom. The lowest BCUT2D eigenvalue weighted by molar-refractivity contribution is -0.144. The van der Waals surface area contributed by atoms with Gasteiger partial charge in [-0.1, -0.05) is 38.0 Å². The van der Waals surface area contributed by atoms with Crippen LogP contribution in [0.5, 0.6) is 5.75 Å². The highest BCUT2D eigenvalue weighted by atomic mass is 16.6. The van der Waals surface area contributed by atoms with Crippen molar-refractivity contribution in [3.8, 4) is 5.75 Å². The van der Waals surface area contributed by atoms with Crippen LogP contribution in [0.1, 0.15) is 71.9 Å². The first-order valence-corrected chi connectivity index (χ1v) is 12.6. The van der Waals surface area contributed by atoms with Crippen molar-refractivity contribution in [2.45, 2.75) is 78.0 Å². The second-order valence-corrected chi connectivity index (χ2v) is 9.43. The molecule has 11 nitrogen and oxygen atoms in total. The molecule has 0 spiro atoms. The molecule has 0 bridgehead atoms. The molecule has 0 aromatic heterocycles. The molecule has 3 amide bonds. The molecule has 0 radical (unpaired) electrons. The van der Waals surface area contributed by atoms with Gasteiger partial charge in [0, 0.05) is 18.7 Å². The number of carbonyl (C=O) groups is 4. The summed E-state index contributed by atoms with van der Waals surface area (Å²) >= 11 is 0. The Labute approximate surface area is 218 Å². The fourth-order valence-corrected chi connectivity index (χ4v) is 3.52. The third-order valence-electron chi connectivity index (χ3n) is 5.18. The number of aromatic hydroxyl groups is 1. The van der Waals surface area contributed by atoms with Crippen LogP contribution in [0, 0.1) is 0 Å². The topological polar surface area (TPSA) is 154 Å². The van der Waals surface area contributed by atoms with Gasteiger partial charge in [0.25, 0.3) is 0 Å². The quantitative estimate of drug-likeness (QED) is 0.214. The van der Waals surface area contributed by atoms with E-state index in [9.17, 15) is 29.4 Å². The maximum Gasteiger partial charge on any atom is 0.408 e. The Balaban J connectivity index is 3.32. The van der Waals surface area contributed by atoms with E-state index in [0.717, 1.165) is 12.8 Å². The lowest BCUT2D eigenvalue weighted by atomic mass is 10.0. The van der Waals surface area contributed by atoms with Crippen LogP contribution in [0.2, 0.25) is 0 Å². The number of rotatable bonds is 14. The van der Waals surface area contributed by atoms with Gasteiger partial charge in [-0.3, -0.25) is 14.4 Å². The highest BCUT2D eigenvalue weighted by Crippen LogP contribution is 2.30. The van der Waals surface area contributed by atoms with Crippen LogP contribution in [-0.4, -0.2) is 76.9 Å². The Morgan fingerprint density at radius 3 is 2.32 bits per heavy atom. The van der Waals surface area contributed by atoms with Gasteiger partial charge in [0.1, 0.15) is 23.4 Å². The first-order valence-electron chi connectivity index (χ1n) is 12.6. The maximum absolute atomic E-state index is 13.6. The average Bonchev–Trinajstić information content (AvgIpc) is 2.81. The third kappa shape index (κ3) is 11.1. The number of ether oxygens (including phenoxy) is 2. The van der Waals surface area contributed by atoms with E-state index in [-0.39, 0.29) is 37.4 Å². The van der Waals surface area contributed by atoms with E-state index in [4.69, 9.17) is 9.47 Å². The normalized spacial score (nSPS) is 12.7. The van der Waals surface area contributed by atoms with Gasteiger partial charge in [0.2, 0.25) is 11.8 Å². The number of alkyl carbamates (subject to hydrolysis) is 1. The smallest absolute Gasteiger partial charge is 0.408 e. The Bertz CT molecular complexity index is 900. The number of phenolic OH excluding ortho intramolecular Hbond substituents is 1. The largest absolute Gasteiger partial charge is 0.508 e. The molecule has 1 rings (SSSR count). The van der Waals surface area contributed by atoms with E-state index in [2.05, 4.69) is 10.6 Å². The summed E-state index contributed by atoms with van der Waals surface area (Å²) in [7, 11) is 0. The lowest BCUT2D eigenvalue weighted by Gasteiger charge is -2.34. The summed E-state index contributed by atoms with van der Waals surface area (Å²) in [5, 5.41) is 25.5. The minimum absolute atomic E-state index is 0.0433. The van der Waals surface area contributed by atoms with Crippen LogP contribution in [0.4, 0.5) is 4.79 Å². The maximum atomic E-state index is 13.6. The number of amides is 3. The van der Waals surface area contributed by atoms with Crippen molar-refractivity contribution in [3.63, 3.8) is 0 Å². The number of hydrogen-bond acceptors (Lipinski definition) is 8.